The monoisotopic (exact) mass is 262 g/mol. The number of rotatable bonds is 3. The number of hydrogen-bond acceptors (Lipinski definition) is 2. The van der Waals surface area contributed by atoms with Crippen molar-refractivity contribution in [2.75, 3.05) is 6.61 Å². The van der Waals surface area contributed by atoms with Crippen molar-refractivity contribution < 1.29 is 15.0 Å². The maximum atomic E-state index is 9.12. The number of aliphatic hydroxyl groups excluding tert-OH is 1. The molecule has 0 aliphatic rings. The predicted octanol–water partition coefficient (Wildman–Crippen LogP) is 1.38. The van der Waals surface area contributed by atoms with Crippen molar-refractivity contribution in [2.45, 2.75) is 0 Å². The van der Waals surface area contributed by atoms with E-state index >= 15 is 0 Å². The highest BCUT2D eigenvalue weighted by atomic mass is 31.1. The molecule has 0 aliphatic heterocycles. The third-order valence-corrected chi connectivity index (χ3v) is 3.22. The van der Waals surface area contributed by atoms with Crippen LogP contribution in [-0.2, 0) is 4.79 Å². The highest BCUT2D eigenvalue weighted by Crippen LogP contribution is 2.08. The van der Waals surface area contributed by atoms with Gasteiger partial charge in [-0.25, -0.2) is 4.79 Å². The Balaban J connectivity index is 0.000000280. The van der Waals surface area contributed by atoms with E-state index in [0.717, 1.165) is 8.58 Å². The molecule has 0 aliphatic carbocycles. The molecule has 0 amide bonds. The van der Waals surface area contributed by atoms with E-state index in [-0.39, 0.29) is 0 Å². The van der Waals surface area contributed by atoms with Crippen molar-refractivity contribution >= 4 is 25.2 Å². The van der Waals surface area contributed by atoms with Crippen LogP contribution in [0.3, 0.4) is 0 Å². The molecule has 2 aromatic carbocycles. The van der Waals surface area contributed by atoms with Crippen molar-refractivity contribution in [2.24, 2.45) is 0 Å². The summed E-state index contributed by atoms with van der Waals surface area (Å²) in [6.07, 6.45) is 0. The fraction of sp³-hybridized carbons (Fsp3) is 0.0714. The van der Waals surface area contributed by atoms with E-state index in [1.54, 1.807) is 0 Å². The van der Waals surface area contributed by atoms with Crippen LogP contribution in [0.2, 0.25) is 0 Å². The van der Waals surface area contributed by atoms with Gasteiger partial charge in [0.25, 0.3) is 0 Å². The third-order valence-electron chi connectivity index (χ3n) is 1.97. The summed E-state index contributed by atoms with van der Waals surface area (Å²) < 4.78 is 0. The molecule has 0 radical (unpaired) electrons. The van der Waals surface area contributed by atoms with Crippen molar-refractivity contribution in [1.29, 1.82) is 0 Å². The van der Waals surface area contributed by atoms with Crippen LogP contribution in [0, 0.1) is 0 Å². The summed E-state index contributed by atoms with van der Waals surface area (Å²) in [5.74, 6) is -1.19. The Kier molecular flexibility index (Phi) is 6.70. The molecule has 94 valence electrons. The molecule has 2 N–H and O–H groups in total. The largest absolute Gasteiger partial charge is 0.480 e. The lowest BCUT2D eigenvalue weighted by atomic mass is 10.4. The first-order chi connectivity index (χ1) is 8.72. The molecule has 0 saturated carbocycles. The van der Waals surface area contributed by atoms with E-state index in [1.165, 1.54) is 10.6 Å². The fourth-order valence-electron chi connectivity index (χ4n) is 1.21. The summed E-state index contributed by atoms with van der Waals surface area (Å²) in [5.41, 5.74) is 0. The second-order valence-electron chi connectivity index (χ2n) is 3.41. The van der Waals surface area contributed by atoms with Gasteiger partial charge < -0.3 is 10.2 Å². The standard InChI is InChI=1S/C12H11P.C2H4O3/c1-3-7-11(8-4-1)13-12-9-5-2-6-10-12;3-1-2(4)5/h1-10,13H;3H,1H2,(H,4,5). The van der Waals surface area contributed by atoms with Gasteiger partial charge in [0.05, 0.1) is 0 Å². The Morgan fingerprint density at radius 3 is 1.50 bits per heavy atom. The average Bonchev–Trinajstić information content (AvgIpc) is 2.42. The summed E-state index contributed by atoms with van der Waals surface area (Å²) in [4.78, 5) is 9.12. The lowest BCUT2D eigenvalue weighted by molar-refractivity contribution is -0.140. The highest BCUT2D eigenvalue weighted by molar-refractivity contribution is 7.55. The Hall–Kier alpha value is -1.70. The van der Waals surface area contributed by atoms with Crippen LogP contribution in [0.15, 0.2) is 60.7 Å². The summed E-state index contributed by atoms with van der Waals surface area (Å²) >= 11 is 0. The zero-order valence-electron chi connectivity index (χ0n) is 9.78. The van der Waals surface area contributed by atoms with E-state index in [1.807, 2.05) is 0 Å². The fourth-order valence-corrected chi connectivity index (χ4v) is 2.26. The molecule has 3 nitrogen and oxygen atoms in total. The maximum Gasteiger partial charge on any atom is 0.329 e. The van der Waals surface area contributed by atoms with Gasteiger partial charge in [-0.1, -0.05) is 69.2 Å². The van der Waals surface area contributed by atoms with Gasteiger partial charge in [0.2, 0.25) is 0 Å². The second kappa shape index (κ2) is 8.40. The zero-order chi connectivity index (χ0) is 13.2. The van der Waals surface area contributed by atoms with Crippen LogP contribution in [0.25, 0.3) is 0 Å². The minimum Gasteiger partial charge on any atom is -0.480 e. The van der Waals surface area contributed by atoms with Gasteiger partial charge in [-0.3, -0.25) is 0 Å². The molecular formula is C14H15O3P. The van der Waals surface area contributed by atoms with Crippen molar-refractivity contribution in [3.05, 3.63) is 60.7 Å². The van der Waals surface area contributed by atoms with Gasteiger partial charge in [0, 0.05) is 0 Å². The van der Waals surface area contributed by atoms with Gasteiger partial charge in [-0.05, 0) is 10.6 Å². The minimum atomic E-state index is -1.19. The molecule has 0 fully saturated rings. The number of aliphatic carboxylic acids is 1. The molecular weight excluding hydrogens is 247 g/mol. The summed E-state index contributed by atoms with van der Waals surface area (Å²) in [6.45, 7) is -0.778. The molecule has 0 aromatic heterocycles. The van der Waals surface area contributed by atoms with Gasteiger partial charge in [0.1, 0.15) is 6.61 Å². The summed E-state index contributed by atoms with van der Waals surface area (Å²) in [7, 11) is 0.777. The van der Waals surface area contributed by atoms with E-state index in [4.69, 9.17) is 15.0 Å². The average molecular weight is 262 g/mol. The van der Waals surface area contributed by atoms with Crippen LogP contribution in [-0.4, -0.2) is 22.8 Å². The number of carbonyl (C=O) groups is 1. The quantitative estimate of drug-likeness (QED) is 0.822. The van der Waals surface area contributed by atoms with Gasteiger partial charge in [0.15, 0.2) is 0 Å². The smallest absolute Gasteiger partial charge is 0.329 e. The number of aliphatic hydroxyl groups is 1. The SMILES string of the molecule is O=C(O)CO.c1ccc(Pc2ccccc2)cc1. The van der Waals surface area contributed by atoms with E-state index < -0.39 is 12.6 Å². The summed E-state index contributed by atoms with van der Waals surface area (Å²) in [5, 5.41) is 17.8. The topological polar surface area (TPSA) is 57.5 Å². The predicted molar refractivity (Wildman–Crippen MR) is 75.2 cm³/mol. The summed E-state index contributed by atoms with van der Waals surface area (Å²) in [6, 6.07) is 21.2. The Morgan fingerprint density at radius 1 is 0.889 bits per heavy atom. The van der Waals surface area contributed by atoms with Crippen molar-refractivity contribution in [3.63, 3.8) is 0 Å². The lowest BCUT2D eigenvalue weighted by Gasteiger charge is -2.00. The Labute approximate surface area is 108 Å². The van der Waals surface area contributed by atoms with Gasteiger partial charge >= 0.3 is 5.97 Å². The molecule has 18 heavy (non-hydrogen) atoms. The van der Waals surface area contributed by atoms with E-state index in [0.29, 0.717) is 0 Å². The molecule has 0 saturated heterocycles. The van der Waals surface area contributed by atoms with Gasteiger partial charge in [-0.15, -0.1) is 0 Å². The molecule has 4 heteroatoms. The van der Waals surface area contributed by atoms with Crippen LogP contribution < -0.4 is 10.6 Å². The molecule has 0 spiro atoms. The van der Waals surface area contributed by atoms with Crippen LogP contribution in [0.1, 0.15) is 0 Å². The Bertz CT molecular complexity index is 419. The van der Waals surface area contributed by atoms with Crippen LogP contribution >= 0.6 is 8.58 Å². The molecule has 2 aromatic rings. The van der Waals surface area contributed by atoms with Gasteiger partial charge in [-0.2, -0.15) is 0 Å². The molecule has 0 unspecified atom stereocenters. The normalized spacial score (nSPS) is 9.17. The first-order valence-electron chi connectivity index (χ1n) is 5.42. The number of hydrogen-bond donors (Lipinski definition) is 2. The first kappa shape index (κ1) is 14.4. The van der Waals surface area contributed by atoms with E-state index in [9.17, 15) is 0 Å². The molecule has 2 rings (SSSR count). The minimum absolute atomic E-state index is 0.777. The maximum absolute atomic E-state index is 9.12. The number of carboxylic acid groups (broad SMARTS) is 1. The molecule has 0 bridgehead atoms. The Morgan fingerprint density at radius 2 is 1.22 bits per heavy atom. The number of carboxylic acids is 1. The first-order valence-corrected chi connectivity index (χ1v) is 6.42. The van der Waals surface area contributed by atoms with Crippen molar-refractivity contribution in [3.8, 4) is 0 Å². The van der Waals surface area contributed by atoms with Crippen LogP contribution in [0.4, 0.5) is 0 Å². The highest BCUT2D eigenvalue weighted by Gasteiger charge is 1.92. The molecule has 0 atom stereocenters. The van der Waals surface area contributed by atoms with Crippen molar-refractivity contribution in [1.82, 2.24) is 0 Å². The number of benzene rings is 2. The van der Waals surface area contributed by atoms with E-state index in [2.05, 4.69) is 60.7 Å². The third kappa shape index (κ3) is 6.14. The van der Waals surface area contributed by atoms with Crippen LogP contribution in [0.5, 0.6) is 0 Å². The second-order valence-corrected chi connectivity index (χ2v) is 4.81. The zero-order valence-corrected chi connectivity index (χ0v) is 10.8. The lowest BCUT2D eigenvalue weighted by Crippen LogP contribution is -2.01. The molecule has 0 heterocycles.